The summed E-state index contributed by atoms with van der Waals surface area (Å²) in [6.45, 7) is 16.6. The number of benzene rings is 1. The van der Waals surface area contributed by atoms with Crippen molar-refractivity contribution in [2.24, 2.45) is 11.8 Å². The van der Waals surface area contributed by atoms with Crippen LogP contribution in [0.1, 0.15) is 71.2 Å². The molecule has 42 heavy (non-hydrogen) atoms. The van der Waals surface area contributed by atoms with Gasteiger partial charge in [0.05, 0.1) is 5.69 Å². The monoisotopic (exact) mass is 577 g/mol. The minimum atomic E-state index is -0.880. The average molecular weight is 578 g/mol. The number of fused-ring (bicyclic) bond motifs is 1. The number of carbonyl (C=O) groups is 4. The summed E-state index contributed by atoms with van der Waals surface area (Å²) in [5, 5.41) is 8.81. The zero-order chi connectivity index (χ0) is 31.0. The van der Waals surface area contributed by atoms with Crippen molar-refractivity contribution in [3.63, 3.8) is 0 Å². The third-order valence-electron chi connectivity index (χ3n) is 7.42. The summed E-state index contributed by atoms with van der Waals surface area (Å²) >= 11 is 0. The molecule has 0 aliphatic carbocycles. The number of aromatic nitrogens is 1. The third-order valence-corrected chi connectivity index (χ3v) is 7.42. The Labute approximate surface area is 247 Å². The number of allylic oxidation sites excluding steroid dienone is 1. The van der Waals surface area contributed by atoms with Gasteiger partial charge in [0.1, 0.15) is 24.2 Å². The molecule has 2 heterocycles. The lowest BCUT2D eigenvalue weighted by molar-refractivity contribution is -0.157. The maximum atomic E-state index is 13.2. The van der Waals surface area contributed by atoms with E-state index in [-0.39, 0.29) is 23.7 Å². The van der Waals surface area contributed by atoms with Gasteiger partial charge in [-0.25, -0.2) is 5.43 Å². The van der Waals surface area contributed by atoms with Gasteiger partial charge >= 0.3 is 5.97 Å². The Balaban J connectivity index is 1.59. The van der Waals surface area contributed by atoms with E-state index in [2.05, 4.69) is 34.2 Å². The fourth-order valence-corrected chi connectivity index (χ4v) is 4.77. The van der Waals surface area contributed by atoms with E-state index in [1.54, 1.807) is 39.1 Å². The second-order valence-corrected chi connectivity index (χ2v) is 11.2. The molecule has 10 heteroatoms. The fourth-order valence-electron chi connectivity index (χ4n) is 4.77. The summed E-state index contributed by atoms with van der Waals surface area (Å²) < 4.78 is 5.77. The number of hydrogen-bond acceptors (Lipinski definition) is 7. The second kappa shape index (κ2) is 14.7. The van der Waals surface area contributed by atoms with Gasteiger partial charge in [-0.15, -0.1) is 6.58 Å². The molecule has 0 saturated carbocycles. The van der Waals surface area contributed by atoms with Crippen molar-refractivity contribution in [1.29, 1.82) is 0 Å². The predicted molar refractivity (Wildman–Crippen MR) is 163 cm³/mol. The summed E-state index contributed by atoms with van der Waals surface area (Å²) in [5.41, 5.74) is 4.58. The number of nitrogens with one attached hydrogen (secondary N) is 3. The van der Waals surface area contributed by atoms with Crippen molar-refractivity contribution in [2.75, 3.05) is 6.54 Å². The fraction of sp³-hybridized carbons (Fsp3) is 0.469. The molecule has 0 bridgehead atoms. The van der Waals surface area contributed by atoms with Crippen molar-refractivity contribution >= 4 is 40.5 Å². The number of nitrogens with zero attached hydrogens (tertiary/aromatic N) is 2. The maximum absolute atomic E-state index is 13.2. The van der Waals surface area contributed by atoms with E-state index in [4.69, 9.17) is 4.74 Å². The van der Waals surface area contributed by atoms with E-state index in [0.717, 1.165) is 22.0 Å². The van der Waals surface area contributed by atoms with Crippen molar-refractivity contribution in [3.8, 4) is 0 Å². The molecule has 0 spiro atoms. The Morgan fingerprint density at radius 1 is 1.07 bits per heavy atom. The first-order chi connectivity index (χ1) is 19.9. The normalized spacial score (nSPS) is 18.0. The van der Waals surface area contributed by atoms with Gasteiger partial charge in [0.25, 0.3) is 5.91 Å². The van der Waals surface area contributed by atoms with Crippen LogP contribution in [-0.2, 0) is 23.9 Å². The Bertz CT molecular complexity index is 1330. The highest BCUT2D eigenvalue weighted by atomic mass is 16.5. The van der Waals surface area contributed by atoms with Crippen LogP contribution in [0.5, 0.6) is 0 Å². The summed E-state index contributed by atoms with van der Waals surface area (Å²) in [5.74, 6) is -2.06. The molecule has 1 aromatic carbocycles. The van der Waals surface area contributed by atoms with E-state index in [0.29, 0.717) is 25.8 Å². The number of amides is 3. The lowest BCUT2D eigenvalue weighted by atomic mass is 10.0. The minimum Gasteiger partial charge on any atom is -0.457 e. The summed E-state index contributed by atoms with van der Waals surface area (Å²) in [7, 11) is 0. The first-order valence-electron chi connectivity index (χ1n) is 14.5. The number of rotatable bonds is 12. The van der Waals surface area contributed by atoms with Crippen LogP contribution in [0.4, 0.5) is 0 Å². The lowest BCUT2D eigenvalue weighted by Crippen LogP contribution is -2.61. The van der Waals surface area contributed by atoms with Gasteiger partial charge in [0, 0.05) is 24.0 Å². The third kappa shape index (κ3) is 8.25. The smallest absolute Gasteiger partial charge is 0.325 e. The van der Waals surface area contributed by atoms with E-state index < -0.39 is 36.1 Å². The van der Waals surface area contributed by atoms with Crippen molar-refractivity contribution < 1.29 is 23.9 Å². The molecule has 3 N–H and O–H groups in total. The second-order valence-electron chi connectivity index (χ2n) is 11.2. The molecular formula is C32H43N5O5. The quantitative estimate of drug-likeness (QED) is 0.258. The molecule has 226 valence electrons. The average Bonchev–Trinajstić information content (AvgIpc) is 2.98. The zero-order valence-corrected chi connectivity index (χ0v) is 25.2. The Hall–Kier alpha value is -4.05. The Kier molecular flexibility index (Phi) is 11.4. The molecule has 1 aliphatic heterocycles. The van der Waals surface area contributed by atoms with Crippen LogP contribution < -0.4 is 16.1 Å². The van der Waals surface area contributed by atoms with Crippen molar-refractivity contribution in [2.45, 2.75) is 78.1 Å². The van der Waals surface area contributed by atoms with Gasteiger partial charge in [-0.05, 0) is 68.2 Å². The van der Waals surface area contributed by atoms with Gasteiger partial charge in [0.15, 0.2) is 0 Å². The van der Waals surface area contributed by atoms with Gasteiger partial charge in [-0.2, -0.15) is 0 Å². The van der Waals surface area contributed by atoms with Crippen LogP contribution >= 0.6 is 0 Å². The Morgan fingerprint density at radius 2 is 1.81 bits per heavy atom. The molecular weight excluding hydrogens is 534 g/mol. The van der Waals surface area contributed by atoms with E-state index in [1.807, 2.05) is 38.1 Å². The molecule has 2 aromatic rings. The summed E-state index contributed by atoms with van der Waals surface area (Å²) in [6, 6.07) is 5.33. The largest absolute Gasteiger partial charge is 0.457 e. The number of hydrazine groups is 1. The van der Waals surface area contributed by atoms with Gasteiger partial charge in [-0.1, -0.05) is 45.6 Å². The van der Waals surface area contributed by atoms with Crippen LogP contribution in [0.15, 0.2) is 49.7 Å². The van der Waals surface area contributed by atoms with E-state index in [9.17, 15) is 19.2 Å². The SMILES string of the molecule is C=CC[C@@H](C)C(=O)N[C@H](C(=O)N[C@@H](C)C(=O)N1CCCC(C(=O)O[C@H](C)c2ccc3cnc(C=C)cc3c2)N1)C(C)C. The van der Waals surface area contributed by atoms with E-state index in [1.165, 1.54) is 5.01 Å². The molecule has 5 atom stereocenters. The van der Waals surface area contributed by atoms with Gasteiger partial charge in [-0.3, -0.25) is 29.2 Å². The first-order valence-corrected chi connectivity index (χ1v) is 14.5. The highest BCUT2D eigenvalue weighted by molar-refractivity contribution is 5.92. The molecule has 3 amide bonds. The summed E-state index contributed by atoms with van der Waals surface area (Å²) in [4.78, 5) is 56.1. The number of carbonyl (C=O) groups excluding carboxylic acids is 4. The van der Waals surface area contributed by atoms with Crippen molar-refractivity contribution in [3.05, 3.63) is 61.0 Å². The predicted octanol–water partition coefficient (Wildman–Crippen LogP) is 3.84. The molecule has 1 aromatic heterocycles. The summed E-state index contributed by atoms with van der Waals surface area (Å²) in [6.07, 6.45) is 6.19. The molecule has 10 nitrogen and oxygen atoms in total. The molecule has 1 unspecified atom stereocenters. The van der Waals surface area contributed by atoms with Crippen LogP contribution in [0.3, 0.4) is 0 Å². The molecule has 1 saturated heterocycles. The van der Waals surface area contributed by atoms with Crippen molar-refractivity contribution in [1.82, 2.24) is 26.1 Å². The number of hydrogen-bond donors (Lipinski definition) is 3. The number of ether oxygens (including phenoxy) is 1. The lowest BCUT2D eigenvalue weighted by Gasteiger charge is -2.35. The standard InChI is InChI=1S/C32H43N5O5/c1-8-11-20(5)29(38)35-28(19(3)4)30(39)34-21(6)31(40)37-15-10-12-27(36-37)32(41)42-22(7)23-13-14-24-18-33-26(9-2)17-25(24)16-23/h8-9,13-14,16-22,27-28,36H,1-2,10-12,15H2,3-7H3,(H,34,39)(H,35,38)/t20-,21+,22-,27?,28+/m1/s1. The molecule has 0 radical (unpaired) electrons. The highest BCUT2D eigenvalue weighted by Gasteiger charge is 2.34. The van der Waals surface area contributed by atoms with Crippen LogP contribution in [0.2, 0.25) is 0 Å². The van der Waals surface area contributed by atoms with Crippen LogP contribution in [0.25, 0.3) is 16.8 Å². The zero-order valence-electron chi connectivity index (χ0n) is 25.2. The molecule has 1 aliphatic rings. The molecule has 3 rings (SSSR count). The topological polar surface area (TPSA) is 130 Å². The number of esters is 1. The van der Waals surface area contributed by atoms with Gasteiger partial charge < -0.3 is 15.4 Å². The highest BCUT2D eigenvalue weighted by Crippen LogP contribution is 2.24. The van der Waals surface area contributed by atoms with Gasteiger partial charge in [0.2, 0.25) is 11.8 Å². The minimum absolute atomic E-state index is 0.190. The Morgan fingerprint density at radius 3 is 2.48 bits per heavy atom. The van der Waals surface area contributed by atoms with Crippen LogP contribution in [-0.4, -0.2) is 58.4 Å². The maximum Gasteiger partial charge on any atom is 0.325 e. The van der Waals surface area contributed by atoms with Crippen LogP contribution in [0, 0.1) is 11.8 Å². The first kappa shape index (κ1) is 32.5. The number of pyridine rings is 1. The molecule has 1 fully saturated rings. The van der Waals surface area contributed by atoms with E-state index >= 15 is 0 Å².